The number of rotatable bonds is 4. The van der Waals surface area contributed by atoms with E-state index in [1.807, 2.05) is 0 Å². The highest BCUT2D eigenvalue weighted by molar-refractivity contribution is 5.76. The van der Waals surface area contributed by atoms with Crippen LogP contribution in [0.5, 0.6) is 0 Å². The van der Waals surface area contributed by atoms with Crippen LogP contribution in [0.2, 0.25) is 0 Å². The van der Waals surface area contributed by atoms with E-state index in [1.54, 1.807) is 12.2 Å². The second kappa shape index (κ2) is 4.53. The number of hydrogen-bond acceptors (Lipinski definition) is 4. The number of aliphatic hydroxyl groups excluding tert-OH is 1. The Morgan fingerprint density at radius 1 is 1.57 bits per heavy atom. The van der Waals surface area contributed by atoms with Crippen molar-refractivity contribution in [2.45, 2.75) is 12.2 Å². The normalized spacial score (nSPS) is 25.1. The monoisotopic (exact) mass is 194 g/mol. The topological polar surface area (TPSA) is 63.6 Å². The summed E-state index contributed by atoms with van der Waals surface area (Å²) in [6, 6.07) is 0. The molecule has 0 amide bonds. The van der Waals surface area contributed by atoms with Gasteiger partial charge in [-0.05, 0) is 6.08 Å². The van der Waals surface area contributed by atoms with Gasteiger partial charge in [-0.15, -0.1) is 0 Å². The first-order valence-corrected chi connectivity index (χ1v) is 4.01. The Bertz CT molecular complexity index is 314. The minimum absolute atomic E-state index is 0.0779. The highest BCUT2D eigenvalue weighted by Gasteiger charge is 2.24. The SMILES string of the molecule is C=C(C=O)OC1C=CC=C(C=O)[C@@H]1O. The van der Waals surface area contributed by atoms with Crippen LogP contribution in [0, 0.1) is 0 Å². The van der Waals surface area contributed by atoms with Crippen molar-refractivity contribution < 1.29 is 19.4 Å². The van der Waals surface area contributed by atoms with Crippen molar-refractivity contribution in [2.75, 3.05) is 0 Å². The Kier molecular flexibility index (Phi) is 3.36. The molecule has 0 aromatic carbocycles. The second-order valence-electron chi connectivity index (χ2n) is 2.78. The molecule has 14 heavy (non-hydrogen) atoms. The molecule has 0 saturated carbocycles. The Hall–Kier alpha value is -1.68. The van der Waals surface area contributed by atoms with Crippen molar-refractivity contribution in [1.29, 1.82) is 0 Å². The molecule has 0 fully saturated rings. The lowest BCUT2D eigenvalue weighted by Gasteiger charge is -2.23. The van der Waals surface area contributed by atoms with Gasteiger partial charge in [-0.1, -0.05) is 18.7 Å². The average molecular weight is 194 g/mol. The lowest BCUT2D eigenvalue weighted by Crippen LogP contribution is -2.31. The van der Waals surface area contributed by atoms with Gasteiger partial charge < -0.3 is 9.84 Å². The highest BCUT2D eigenvalue weighted by atomic mass is 16.5. The van der Waals surface area contributed by atoms with Crippen molar-refractivity contribution in [3.05, 3.63) is 36.1 Å². The fourth-order valence-electron chi connectivity index (χ4n) is 1.08. The van der Waals surface area contributed by atoms with E-state index in [9.17, 15) is 14.7 Å². The van der Waals surface area contributed by atoms with Gasteiger partial charge in [0, 0.05) is 5.57 Å². The molecule has 4 heteroatoms. The summed E-state index contributed by atoms with van der Waals surface area (Å²) in [5, 5.41) is 9.54. The van der Waals surface area contributed by atoms with Crippen LogP contribution in [0.3, 0.4) is 0 Å². The average Bonchev–Trinajstić information content (AvgIpc) is 2.21. The van der Waals surface area contributed by atoms with Gasteiger partial charge in [-0.2, -0.15) is 0 Å². The summed E-state index contributed by atoms with van der Waals surface area (Å²) in [7, 11) is 0. The van der Waals surface area contributed by atoms with Crippen molar-refractivity contribution in [3.63, 3.8) is 0 Å². The maximum Gasteiger partial charge on any atom is 0.184 e. The lowest BCUT2D eigenvalue weighted by atomic mass is 10.0. The summed E-state index contributed by atoms with van der Waals surface area (Å²) in [6.45, 7) is 3.31. The number of hydrogen-bond donors (Lipinski definition) is 1. The van der Waals surface area contributed by atoms with Crippen molar-refractivity contribution >= 4 is 12.6 Å². The molecule has 0 saturated heterocycles. The van der Waals surface area contributed by atoms with Crippen molar-refractivity contribution in [3.8, 4) is 0 Å². The minimum Gasteiger partial charge on any atom is -0.480 e. The molecule has 0 aromatic heterocycles. The first kappa shape index (κ1) is 10.4. The smallest absolute Gasteiger partial charge is 0.184 e. The van der Waals surface area contributed by atoms with E-state index in [0.29, 0.717) is 12.6 Å². The lowest BCUT2D eigenvalue weighted by molar-refractivity contribution is -0.109. The van der Waals surface area contributed by atoms with Gasteiger partial charge >= 0.3 is 0 Å². The quantitative estimate of drug-likeness (QED) is 0.393. The summed E-state index contributed by atoms with van der Waals surface area (Å²) >= 11 is 0. The molecule has 0 heterocycles. The predicted molar refractivity (Wildman–Crippen MR) is 49.4 cm³/mol. The van der Waals surface area contributed by atoms with Gasteiger partial charge in [-0.3, -0.25) is 9.59 Å². The third kappa shape index (κ3) is 2.17. The van der Waals surface area contributed by atoms with Crippen LogP contribution in [-0.4, -0.2) is 29.9 Å². The fraction of sp³-hybridized carbons (Fsp3) is 0.200. The van der Waals surface area contributed by atoms with Gasteiger partial charge in [0.15, 0.2) is 12.0 Å². The third-order valence-electron chi connectivity index (χ3n) is 1.80. The minimum atomic E-state index is -1.05. The predicted octanol–water partition coefficient (Wildman–Crippen LogP) is 0.140. The van der Waals surface area contributed by atoms with E-state index >= 15 is 0 Å². The molecule has 1 unspecified atom stereocenters. The molecule has 1 rings (SSSR count). The van der Waals surface area contributed by atoms with Crippen LogP contribution in [0.15, 0.2) is 36.1 Å². The summed E-state index contributed by atoms with van der Waals surface area (Å²) in [6.07, 6.45) is 3.84. The third-order valence-corrected chi connectivity index (χ3v) is 1.80. The van der Waals surface area contributed by atoms with Crippen LogP contribution in [0.25, 0.3) is 0 Å². The molecule has 0 aliphatic heterocycles. The molecule has 2 atom stereocenters. The van der Waals surface area contributed by atoms with E-state index in [4.69, 9.17) is 4.74 Å². The summed E-state index contributed by atoms with van der Waals surface area (Å²) in [4.78, 5) is 20.7. The molecular weight excluding hydrogens is 184 g/mol. The molecule has 0 radical (unpaired) electrons. The standard InChI is InChI=1S/C10H10O4/c1-7(5-11)14-9-4-2-3-8(6-12)10(9)13/h2-6,9-10,13H,1H2/t9?,10-/m0/s1. The molecule has 1 aliphatic carbocycles. The van der Waals surface area contributed by atoms with Gasteiger partial charge in [0.1, 0.15) is 18.5 Å². The highest BCUT2D eigenvalue weighted by Crippen LogP contribution is 2.16. The molecular formula is C10H10O4. The Balaban J connectivity index is 2.70. The maximum atomic E-state index is 10.5. The molecule has 1 aliphatic rings. The van der Waals surface area contributed by atoms with Crippen LogP contribution < -0.4 is 0 Å². The van der Waals surface area contributed by atoms with Crippen LogP contribution in [0.1, 0.15) is 0 Å². The number of aliphatic hydroxyl groups is 1. The van der Waals surface area contributed by atoms with Crippen molar-refractivity contribution in [2.24, 2.45) is 0 Å². The zero-order chi connectivity index (χ0) is 10.6. The van der Waals surface area contributed by atoms with Gasteiger partial charge in [0.05, 0.1) is 0 Å². The van der Waals surface area contributed by atoms with Crippen LogP contribution in [-0.2, 0) is 14.3 Å². The maximum absolute atomic E-state index is 10.5. The zero-order valence-electron chi connectivity index (χ0n) is 7.42. The number of allylic oxidation sites excluding steroid dienone is 3. The first-order valence-electron chi connectivity index (χ1n) is 4.01. The van der Waals surface area contributed by atoms with E-state index in [0.717, 1.165) is 0 Å². The first-order chi connectivity index (χ1) is 6.69. The van der Waals surface area contributed by atoms with Gasteiger partial charge in [-0.25, -0.2) is 0 Å². The van der Waals surface area contributed by atoms with Gasteiger partial charge in [0.25, 0.3) is 0 Å². The number of carbonyl (C=O) groups excluding carboxylic acids is 2. The number of ether oxygens (including phenoxy) is 1. The fourth-order valence-corrected chi connectivity index (χ4v) is 1.08. The largest absolute Gasteiger partial charge is 0.480 e. The van der Waals surface area contributed by atoms with Gasteiger partial charge in [0.2, 0.25) is 0 Å². The molecule has 0 spiro atoms. The summed E-state index contributed by atoms with van der Waals surface area (Å²) < 4.78 is 4.99. The van der Waals surface area contributed by atoms with Crippen LogP contribution >= 0.6 is 0 Å². The molecule has 0 bridgehead atoms. The zero-order valence-corrected chi connectivity index (χ0v) is 7.42. The van der Waals surface area contributed by atoms with E-state index in [1.165, 1.54) is 6.08 Å². The Morgan fingerprint density at radius 2 is 2.29 bits per heavy atom. The summed E-state index contributed by atoms with van der Waals surface area (Å²) in [5.41, 5.74) is 0.219. The molecule has 4 nitrogen and oxygen atoms in total. The Labute approximate surface area is 81.2 Å². The van der Waals surface area contributed by atoms with Crippen LogP contribution in [0.4, 0.5) is 0 Å². The van der Waals surface area contributed by atoms with E-state index < -0.39 is 12.2 Å². The number of aldehydes is 2. The van der Waals surface area contributed by atoms with Crippen molar-refractivity contribution in [1.82, 2.24) is 0 Å². The van der Waals surface area contributed by atoms with E-state index in [-0.39, 0.29) is 11.3 Å². The summed E-state index contributed by atoms with van der Waals surface area (Å²) in [5.74, 6) is -0.0779. The van der Waals surface area contributed by atoms with E-state index in [2.05, 4.69) is 6.58 Å². The molecule has 1 N–H and O–H groups in total. The molecule has 74 valence electrons. The Morgan fingerprint density at radius 3 is 2.86 bits per heavy atom. The second-order valence-corrected chi connectivity index (χ2v) is 2.78. The molecule has 0 aromatic rings. The number of carbonyl (C=O) groups is 2.